The summed E-state index contributed by atoms with van der Waals surface area (Å²) in [5.41, 5.74) is 0. The summed E-state index contributed by atoms with van der Waals surface area (Å²) in [6.07, 6.45) is -0.588. The van der Waals surface area contributed by atoms with E-state index in [-0.39, 0.29) is 0 Å². The minimum absolute atomic E-state index is 0.588. The maximum Gasteiger partial charge on any atom is 0.181 e. The Morgan fingerprint density at radius 3 is 2.20 bits per heavy atom. The topological polar surface area (TPSA) is 32.3 Å². The number of hydrogen-bond acceptors (Lipinski definition) is 2. The standard InChI is InChI=1S/C2H6BNO/c1-2(5)4-3/h2,4-5H,1H3. The van der Waals surface area contributed by atoms with E-state index < -0.39 is 6.23 Å². The lowest BCUT2D eigenvalue weighted by Gasteiger charge is -1.95. The van der Waals surface area contributed by atoms with Crippen LogP contribution >= 0.6 is 0 Å². The first kappa shape index (κ1) is 4.98. The first-order valence-corrected chi connectivity index (χ1v) is 1.41. The number of rotatable bonds is 1. The molecule has 0 aliphatic carbocycles. The molecule has 0 aromatic heterocycles. The normalized spacial score (nSPS) is 14.8. The van der Waals surface area contributed by atoms with Gasteiger partial charge >= 0.3 is 0 Å². The van der Waals surface area contributed by atoms with E-state index in [2.05, 4.69) is 13.2 Å². The van der Waals surface area contributed by atoms with Crippen molar-refractivity contribution in [1.29, 1.82) is 0 Å². The second-order valence-corrected chi connectivity index (χ2v) is 0.843. The van der Waals surface area contributed by atoms with Crippen molar-refractivity contribution >= 4 is 7.98 Å². The third-order valence-electron chi connectivity index (χ3n) is 0.241. The monoisotopic (exact) mass is 71.1 g/mol. The summed E-state index contributed by atoms with van der Waals surface area (Å²) in [6, 6.07) is 0. The van der Waals surface area contributed by atoms with Gasteiger partial charge in [-0.25, -0.2) is 0 Å². The SMILES string of the molecule is [B]NC(C)O. The minimum Gasteiger partial charge on any atom is -0.380 e. The fraction of sp³-hybridized carbons (Fsp3) is 1.00. The van der Waals surface area contributed by atoms with Crippen LogP contribution in [-0.2, 0) is 0 Å². The molecular weight excluding hydrogens is 64.8 g/mol. The van der Waals surface area contributed by atoms with Crippen LogP contribution in [0.25, 0.3) is 0 Å². The first-order valence-electron chi connectivity index (χ1n) is 1.41. The fourth-order valence-corrected chi connectivity index (χ4v) is 0. The number of aliphatic hydroxyl groups excluding tert-OH is 1. The largest absolute Gasteiger partial charge is 0.380 e. The van der Waals surface area contributed by atoms with Gasteiger partial charge in [-0.1, -0.05) is 0 Å². The van der Waals surface area contributed by atoms with E-state index in [0.29, 0.717) is 0 Å². The lowest BCUT2D eigenvalue weighted by molar-refractivity contribution is 0.185. The summed E-state index contributed by atoms with van der Waals surface area (Å²) in [5.74, 6) is 0. The van der Waals surface area contributed by atoms with Crippen molar-refractivity contribution in [1.82, 2.24) is 5.23 Å². The summed E-state index contributed by atoms with van der Waals surface area (Å²) in [4.78, 5) is 0. The fourth-order valence-electron chi connectivity index (χ4n) is 0. The van der Waals surface area contributed by atoms with Crippen molar-refractivity contribution in [2.24, 2.45) is 0 Å². The summed E-state index contributed by atoms with van der Waals surface area (Å²) in [5, 5.41) is 10.2. The molecule has 0 heterocycles. The molecule has 1 unspecified atom stereocenters. The molecule has 0 aromatic rings. The maximum atomic E-state index is 8.12. The molecule has 2 nitrogen and oxygen atoms in total. The van der Waals surface area contributed by atoms with Crippen molar-refractivity contribution in [2.45, 2.75) is 13.2 Å². The second-order valence-electron chi connectivity index (χ2n) is 0.843. The Bertz CT molecular complexity index is 23.6. The summed E-state index contributed by atoms with van der Waals surface area (Å²) in [7, 11) is 4.67. The van der Waals surface area contributed by atoms with Crippen LogP contribution in [0.15, 0.2) is 0 Å². The van der Waals surface area contributed by atoms with E-state index >= 15 is 0 Å². The highest BCUT2D eigenvalue weighted by atomic mass is 16.3. The van der Waals surface area contributed by atoms with Gasteiger partial charge in [-0.3, -0.25) is 0 Å². The summed E-state index contributed by atoms with van der Waals surface area (Å²) < 4.78 is 0. The molecule has 0 aromatic carbocycles. The zero-order valence-corrected chi connectivity index (χ0v) is 3.10. The van der Waals surface area contributed by atoms with Crippen molar-refractivity contribution in [3.8, 4) is 0 Å². The smallest absolute Gasteiger partial charge is 0.181 e. The Labute approximate surface area is 32.6 Å². The first-order chi connectivity index (χ1) is 2.27. The molecule has 0 bridgehead atoms. The third kappa shape index (κ3) is 3.98. The predicted molar refractivity (Wildman–Crippen MR) is 20.6 cm³/mol. The van der Waals surface area contributed by atoms with Crippen LogP contribution in [0.2, 0.25) is 0 Å². The van der Waals surface area contributed by atoms with Crippen LogP contribution in [0.5, 0.6) is 0 Å². The van der Waals surface area contributed by atoms with E-state index in [1.54, 1.807) is 6.92 Å². The molecule has 0 aliphatic rings. The number of hydrogen-bond donors (Lipinski definition) is 2. The van der Waals surface area contributed by atoms with E-state index in [1.807, 2.05) is 0 Å². The molecule has 0 rings (SSSR count). The zero-order valence-electron chi connectivity index (χ0n) is 3.10. The van der Waals surface area contributed by atoms with E-state index in [1.165, 1.54) is 0 Å². The van der Waals surface area contributed by atoms with Gasteiger partial charge in [0.25, 0.3) is 0 Å². The van der Waals surface area contributed by atoms with E-state index in [0.717, 1.165) is 0 Å². The minimum atomic E-state index is -0.588. The molecule has 2 N–H and O–H groups in total. The average molecular weight is 70.9 g/mol. The van der Waals surface area contributed by atoms with Gasteiger partial charge in [-0.15, -0.1) is 0 Å². The van der Waals surface area contributed by atoms with Crippen LogP contribution in [0.4, 0.5) is 0 Å². The molecule has 0 fully saturated rings. The van der Waals surface area contributed by atoms with Crippen LogP contribution in [0, 0.1) is 0 Å². The van der Waals surface area contributed by atoms with Crippen LogP contribution < -0.4 is 5.23 Å². The highest BCUT2D eigenvalue weighted by Crippen LogP contribution is 1.59. The van der Waals surface area contributed by atoms with Gasteiger partial charge in [0.15, 0.2) is 7.98 Å². The van der Waals surface area contributed by atoms with Crippen molar-refractivity contribution in [3.63, 3.8) is 0 Å². The molecule has 0 aliphatic heterocycles. The number of aliphatic hydroxyl groups is 1. The Morgan fingerprint density at radius 2 is 2.20 bits per heavy atom. The lowest BCUT2D eigenvalue weighted by Crippen LogP contribution is -2.21. The molecule has 0 saturated heterocycles. The van der Waals surface area contributed by atoms with E-state index in [9.17, 15) is 0 Å². The van der Waals surface area contributed by atoms with Crippen LogP contribution in [0.3, 0.4) is 0 Å². The van der Waals surface area contributed by atoms with Crippen LogP contribution in [-0.4, -0.2) is 19.3 Å². The molecule has 2 radical (unpaired) electrons. The van der Waals surface area contributed by atoms with Gasteiger partial charge in [0.05, 0.1) is 6.23 Å². The molecule has 28 valence electrons. The Kier molecular flexibility index (Phi) is 2.23. The predicted octanol–water partition coefficient (Wildman–Crippen LogP) is -1.00. The van der Waals surface area contributed by atoms with Crippen LogP contribution in [0.1, 0.15) is 6.92 Å². The highest BCUT2D eigenvalue weighted by molar-refractivity contribution is 6.04. The molecule has 1 atom stereocenters. The molecule has 0 amide bonds. The van der Waals surface area contributed by atoms with Gasteiger partial charge < -0.3 is 10.3 Å². The van der Waals surface area contributed by atoms with E-state index in [4.69, 9.17) is 5.11 Å². The Balaban J connectivity index is 2.54. The van der Waals surface area contributed by atoms with Crippen molar-refractivity contribution < 1.29 is 5.11 Å². The number of nitrogens with one attached hydrogen (secondary N) is 1. The third-order valence-corrected chi connectivity index (χ3v) is 0.241. The highest BCUT2D eigenvalue weighted by Gasteiger charge is 1.78. The van der Waals surface area contributed by atoms with Gasteiger partial charge in [-0.2, -0.15) is 0 Å². The Morgan fingerprint density at radius 1 is 2.00 bits per heavy atom. The molecule has 0 spiro atoms. The molecule has 3 heteroatoms. The quantitative estimate of drug-likeness (QED) is 0.307. The van der Waals surface area contributed by atoms with Gasteiger partial charge in [-0.05, 0) is 6.92 Å². The second kappa shape index (κ2) is 2.24. The Hall–Kier alpha value is -0.0151. The summed E-state index contributed by atoms with van der Waals surface area (Å²) in [6.45, 7) is 1.54. The maximum absolute atomic E-state index is 8.12. The summed E-state index contributed by atoms with van der Waals surface area (Å²) >= 11 is 0. The zero-order chi connectivity index (χ0) is 4.28. The van der Waals surface area contributed by atoms with Crippen molar-refractivity contribution in [3.05, 3.63) is 0 Å². The van der Waals surface area contributed by atoms with Gasteiger partial charge in [0, 0.05) is 0 Å². The average Bonchev–Trinajstić information content (AvgIpc) is 1.38. The van der Waals surface area contributed by atoms with Gasteiger partial charge in [0.2, 0.25) is 0 Å². The molecule has 0 saturated carbocycles. The molecule has 5 heavy (non-hydrogen) atoms. The lowest BCUT2D eigenvalue weighted by atomic mass is 10.4. The van der Waals surface area contributed by atoms with Crippen molar-refractivity contribution in [2.75, 3.05) is 0 Å². The van der Waals surface area contributed by atoms with Gasteiger partial charge in [0.1, 0.15) is 0 Å². The molecular formula is C2H6BNO.